The summed E-state index contributed by atoms with van der Waals surface area (Å²) in [5.74, 6) is 0.313. The summed E-state index contributed by atoms with van der Waals surface area (Å²) in [6.07, 6.45) is 5.55. The Bertz CT molecular complexity index is 621. The lowest BCUT2D eigenvalue weighted by Gasteiger charge is -2.16. The Morgan fingerprint density at radius 2 is 2.08 bits per heavy atom. The van der Waals surface area contributed by atoms with Crippen LogP contribution in [0.2, 0.25) is 0 Å². The number of rotatable bonds is 10. The summed E-state index contributed by atoms with van der Waals surface area (Å²) in [5, 5.41) is 10.8. The van der Waals surface area contributed by atoms with Gasteiger partial charge in [-0.3, -0.25) is 14.9 Å². The summed E-state index contributed by atoms with van der Waals surface area (Å²) >= 11 is 0. The quantitative estimate of drug-likeness (QED) is 0.165. The highest BCUT2D eigenvalue weighted by Crippen LogP contribution is 2.37. The second-order valence-corrected chi connectivity index (χ2v) is 5.87. The second kappa shape index (κ2) is 8.98. The highest BCUT2D eigenvalue weighted by atomic mass is 16.6. The molecule has 0 radical (unpaired) electrons. The lowest BCUT2D eigenvalue weighted by atomic mass is 10.1. The van der Waals surface area contributed by atoms with Gasteiger partial charge in [-0.15, -0.1) is 0 Å². The van der Waals surface area contributed by atoms with Gasteiger partial charge in [0.05, 0.1) is 18.1 Å². The fourth-order valence-corrected chi connectivity index (χ4v) is 2.27. The minimum Gasteiger partial charge on any atom is -0.378 e. The Labute approximate surface area is 141 Å². The van der Waals surface area contributed by atoms with Crippen LogP contribution in [0.3, 0.4) is 0 Å². The van der Waals surface area contributed by atoms with E-state index in [0.29, 0.717) is 32.0 Å². The predicted octanol–water partition coefficient (Wildman–Crippen LogP) is 2.79. The molecule has 0 N–H and O–H groups in total. The number of ether oxygens (including phenoxy) is 1. The normalized spacial score (nSPS) is 15.2. The third-order valence-corrected chi connectivity index (χ3v) is 3.76. The van der Waals surface area contributed by atoms with Crippen LogP contribution < -0.4 is 0 Å². The second-order valence-electron chi connectivity index (χ2n) is 5.87. The molecule has 1 aromatic rings. The summed E-state index contributed by atoms with van der Waals surface area (Å²) in [4.78, 5) is 22.9. The first-order chi connectivity index (χ1) is 11.6. The molecular formula is C18H22N2O4. The van der Waals surface area contributed by atoms with Gasteiger partial charge in [-0.1, -0.05) is 30.3 Å². The molecule has 0 amide bonds. The van der Waals surface area contributed by atoms with Gasteiger partial charge in [-0.05, 0) is 29.9 Å². The van der Waals surface area contributed by atoms with Crippen LogP contribution in [-0.4, -0.2) is 36.3 Å². The van der Waals surface area contributed by atoms with E-state index in [9.17, 15) is 14.9 Å². The smallest absolute Gasteiger partial charge is 0.309 e. The molecule has 6 nitrogen and oxygen atoms in total. The number of carbonyl (C=O) groups excluding carboxylic acids is 1. The fourth-order valence-electron chi connectivity index (χ4n) is 2.27. The third kappa shape index (κ3) is 5.96. The Kier molecular flexibility index (Phi) is 6.69. The molecule has 1 saturated carbocycles. The van der Waals surface area contributed by atoms with Gasteiger partial charge in [0.1, 0.15) is 0 Å². The summed E-state index contributed by atoms with van der Waals surface area (Å²) in [5.41, 5.74) is 1.56. The van der Waals surface area contributed by atoms with Gasteiger partial charge in [-0.2, -0.15) is 0 Å². The van der Waals surface area contributed by atoms with Crippen LogP contribution in [0.4, 0.5) is 0 Å². The molecule has 0 spiro atoms. The standard InChI is InChI=1S/C18H22N2O4/c1-19(9-10-24-14-15-5-3-2-4-6-15)12-17(16-7-8-16)11-18(13-21)20(22)23/h2-6,11-13,16H,7-10,14H2,1H3/b17-12+,18-11+. The molecule has 0 aromatic heterocycles. The maximum Gasteiger partial charge on any atom is 0.309 e. The maximum absolute atomic E-state index is 10.8. The van der Waals surface area contributed by atoms with E-state index >= 15 is 0 Å². The Balaban J connectivity index is 1.85. The van der Waals surface area contributed by atoms with E-state index in [2.05, 4.69) is 0 Å². The molecule has 1 aliphatic rings. The van der Waals surface area contributed by atoms with Crippen LogP contribution in [0.1, 0.15) is 18.4 Å². The topological polar surface area (TPSA) is 72.7 Å². The number of likely N-dealkylation sites (N-methyl/N-ethyl adjacent to an activating group) is 1. The molecule has 2 rings (SSSR count). The number of nitrogens with zero attached hydrogens (tertiary/aromatic N) is 2. The highest BCUT2D eigenvalue weighted by Gasteiger charge is 2.27. The summed E-state index contributed by atoms with van der Waals surface area (Å²) in [7, 11) is 1.90. The molecule has 0 atom stereocenters. The number of aldehydes is 1. The molecule has 128 valence electrons. The van der Waals surface area contributed by atoms with Crippen LogP contribution in [0.5, 0.6) is 0 Å². The molecule has 0 saturated heterocycles. The number of nitro groups is 1. The van der Waals surface area contributed by atoms with Gasteiger partial charge in [0.2, 0.25) is 6.29 Å². The van der Waals surface area contributed by atoms with E-state index in [1.807, 2.05) is 48.5 Å². The number of hydrogen-bond donors (Lipinski definition) is 0. The van der Waals surface area contributed by atoms with Crippen molar-refractivity contribution in [3.63, 3.8) is 0 Å². The van der Waals surface area contributed by atoms with Crippen LogP contribution in [0.15, 0.2) is 53.9 Å². The third-order valence-electron chi connectivity index (χ3n) is 3.76. The monoisotopic (exact) mass is 330 g/mol. The minimum absolute atomic E-state index is 0.291. The summed E-state index contributed by atoms with van der Waals surface area (Å²) < 4.78 is 5.64. The zero-order valence-electron chi connectivity index (χ0n) is 13.8. The zero-order chi connectivity index (χ0) is 17.4. The Morgan fingerprint density at radius 3 is 2.67 bits per heavy atom. The highest BCUT2D eigenvalue weighted by molar-refractivity contribution is 5.70. The minimum atomic E-state index is -0.647. The largest absolute Gasteiger partial charge is 0.378 e. The molecule has 24 heavy (non-hydrogen) atoms. The fraction of sp³-hybridized carbons (Fsp3) is 0.389. The number of hydrogen-bond acceptors (Lipinski definition) is 5. The number of allylic oxidation sites excluding steroid dienone is 3. The molecule has 1 fully saturated rings. The lowest BCUT2D eigenvalue weighted by Crippen LogP contribution is -2.18. The van der Waals surface area contributed by atoms with Crippen molar-refractivity contribution in [3.8, 4) is 0 Å². The van der Waals surface area contributed by atoms with Crippen LogP contribution >= 0.6 is 0 Å². The van der Waals surface area contributed by atoms with Gasteiger partial charge in [-0.25, -0.2) is 0 Å². The van der Waals surface area contributed by atoms with Crippen LogP contribution in [-0.2, 0) is 16.1 Å². The van der Waals surface area contributed by atoms with Crippen molar-refractivity contribution in [2.75, 3.05) is 20.2 Å². The van der Waals surface area contributed by atoms with E-state index < -0.39 is 10.6 Å². The lowest BCUT2D eigenvalue weighted by molar-refractivity contribution is -0.417. The van der Waals surface area contributed by atoms with Gasteiger partial charge in [0, 0.05) is 25.9 Å². The van der Waals surface area contributed by atoms with Crippen LogP contribution in [0.25, 0.3) is 0 Å². The maximum atomic E-state index is 10.8. The first kappa shape index (κ1) is 17.9. The van der Waals surface area contributed by atoms with Crippen molar-refractivity contribution in [2.24, 2.45) is 5.92 Å². The van der Waals surface area contributed by atoms with E-state index in [0.717, 1.165) is 24.0 Å². The van der Waals surface area contributed by atoms with Gasteiger partial charge < -0.3 is 9.64 Å². The Morgan fingerprint density at radius 1 is 1.38 bits per heavy atom. The van der Waals surface area contributed by atoms with E-state index in [1.54, 1.807) is 0 Å². The molecule has 0 heterocycles. The molecule has 0 unspecified atom stereocenters. The molecule has 1 aromatic carbocycles. The number of benzene rings is 1. The average molecular weight is 330 g/mol. The van der Waals surface area contributed by atoms with Gasteiger partial charge in [0.25, 0.3) is 0 Å². The first-order valence-corrected chi connectivity index (χ1v) is 7.95. The Hall–Kier alpha value is -2.47. The molecule has 6 heteroatoms. The van der Waals surface area contributed by atoms with Gasteiger partial charge in [0.15, 0.2) is 0 Å². The van der Waals surface area contributed by atoms with E-state index in [4.69, 9.17) is 4.74 Å². The van der Waals surface area contributed by atoms with E-state index in [-0.39, 0.29) is 0 Å². The van der Waals surface area contributed by atoms with Crippen molar-refractivity contribution >= 4 is 6.29 Å². The molecule has 1 aliphatic carbocycles. The van der Waals surface area contributed by atoms with Crippen molar-refractivity contribution in [3.05, 3.63) is 69.6 Å². The summed E-state index contributed by atoms with van der Waals surface area (Å²) in [6, 6.07) is 9.94. The zero-order valence-corrected chi connectivity index (χ0v) is 13.8. The van der Waals surface area contributed by atoms with Crippen molar-refractivity contribution in [1.82, 2.24) is 4.90 Å². The molecular weight excluding hydrogens is 308 g/mol. The van der Waals surface area contributed by atoms with E-state index in [1.165, 1.54) is 6.08 Å². The van der Waals surface area contributed by atoms with Crippen LogP contribution in [0, 0.1) is 16.0 Å². The first-order valence-electron chi connectivity index (χ1n) is 7.95. The molecule has 0 bridgehead atoms. The predicted molar refractivity (Wildman–Crippen MR) is 90.7 cm³/mol. The van der Waals surface area contributed by atoms with Crippen molar-refractivity contribution in [2.45, 2.75) is 19.4 Å². The average Bonchev–Trinajstić information content (AvgIpc) is 3.41. The SMILES string of the molecule is CN(/C=C(\C=C(/C=O)[N+](=O)[O-])C1CC1)CCOCc1ccccc1. The van der Waals surface area contributed by atoms with Crippen molar-refractivity contribution < 1.29 is 14.5 Å². The van der Waals surface area contributed by atoms with Gasteiger partial charge >= 0.3 is 5.70 Å². The molecule has 0 aliphatic heterocycles. The summed E-state index contributed by atoms with van der Waals surface area (Å²) in [6.45, 7) is 1.79. The van der Waals surface area contributed by atoms with Crippen molar-refractivity contribution in [1.29, 1.82) is 0 Å². The number of carbonyl (C=O) groups is 1.